The fourth-order valence-electron chi connectivity index (χ4n) is 2.77. The van der Waals surface area contributed by atoms with Crippen molar-refractivity contribution >= 4 is 5.91 Å². The molecule has 1 aliphatic heterocycles. The van der Waals surface area contributed by atoms with Crippen molar-refractivity contribution in [2.75, 3.05) is 6.54 Å². The van der Waals surface area contributed by atoms with Crippen molar-refractivity contribution in [3.8, 4) is 11.4 Å². The first-order valence-corrected chi connectivity index (χ1v) is 7.48. The number of benzene rings is 1. The summed E-state index contributed by atoms with van der Waals surface area (Å²) in [5, 5.41) is 0. The highest BCUT2D eigenvalue weighted by atomic mass is 19.1. The summed E-state index contributed by atoms with van der Waals surface area (Å²) in [6.07, 6.45) is 1.23. The molecule has 1 aromatic heterocycles. The standard InChI is InChI=1S/C17H18FN3O/c1-3-16(22)21-8-7-15-14(10-21)11(2)19-17(20-15)12-5-4-6-13(18)9-12/h4-6,9H,3,7-8,10H2,1-2H3. The molecule has 0 fully saturated rings. The van der Waals surface area contributed by atoms with Gasteiger partial charge in [0, 0.05) is 42.8 Å². The Morgan fingerprint density at radius 1 is 1.36 bits per heavy atom. The Kier molecular flexibility index (Phi) is 3.88. The highest BCUT2D eigenvalue weighted by Gasteiger charge is 2.23. The number of halogens is 1. The van der Waals surface area contributed by atoms with Crippen molar-refractivity contribution in [3.63, 3.8) is 0 Å². The summed E-state index contributed by atoms with van der Waals surface area (Å²) < 4.78 is 13.4. The lowest BCUT2D eigenvalue weighted by atomic mass is 10.0. The predicted molar refractivity (Wildman–Crippen MR) is 81.6 cm³/mol. The van der Waals surface area contributed by atoms with Crippen molar-refractivity contribution in [1.29, 1.82) is 0 Å². The molecule has 0 radical (unpaired) electrons. The highest BCUT2D eigenvalue weighted by Crippen LogP contribution is 2.24. The third kappa shape index (κ3) is 2.71. The van der Waals surface area contributed by atoms with Gasteiger partial charge in [-0.1, -0.05) is 19.1 Å². The van der Waals surface area contributed by atoms with Gasteiger partial charge in [-0.3, -0.25) is 4.79 Å². The van der Waals surface area contributed by atoms with Crippen LogP contribution in [0.25, 0.3) is 11.4 Å². The van der Waals surface area contributed by atoms with Gasteiger partial charge in [-0.2, -0.15) is 0 Å². The quantitative estimate of drug-likeness (QED) is 0.856. The zero-order chi connectivity index (χ0) is 15.7. The molecule has 0 bridgehead atoms. The monoisotopic (exact) mass is 299 g/mol. The van der Waals surface area contributed by atoms with E-state index in [1.54, 1.807) is 12.1 Å². The summed E-state index contributed by atoms with van der Waals surface area (Å²) >= 11 is 0. The van der Waals surface area contributed by atoms with Crippen LogP contribution in [0.1, 0.15) is 30.3 Å². The molecular weight excluding hydrogens is 281 g/mol. The third-order valence-electron chi connectivity index (χ3n) is 4.01. The van der Waals surface area contributed by atoms with E-state index in [0.29, 0.717) is 37.3 Å². The van der Waals surface area contributed by atoms with Crippen molar-refractivity contribution < 1.29 is 9.18 Å². The Morgan fingerprint density at radius 3 is 2.91 bits per heavy atom. The number of carbonyl (C=O) groups is 1. The van der Waals surface area contributed by atoms with Gasteiger partial charge in [0.25, 0.3) is 0 Å². The topological polar surface area (TPSA) is 46.1 Å². The normalized spacial score (nSPS) is 13.9. The first-order valence-electron chi connectivity index (χ1n) is 7.48. The van der Waals surface area contributed by atoms with Crippen LogP contribution < -0.4 is 0 Å². The van der Waals surface area contributed by atoms with Crippen LogP contribution in [-0.4, -0.2) is 27.3 Å². The number of carbonyl (C=O) groups excluding carboxylic acids is 1. The van der Waals surface area contributed by atoms with Gasteiger partial charge >= 0.3 is 0 Å². The Balaban J connectivity index is 1.97. The largest absolute Gasteiger partial charge is 0.338 e. The Bertz CT molecular complexity index is 730. The molecule has 0 aliphatic carbocycles. The van der Waals surface area contributed by atoms with Crippen LogP contribution in [-0.2, 0) is 17.8 Å². The zero-order valence-electron chi connectivity index (χ0n) is 12.8. The molecule has 1 aromatic carbocycles. The minimum Gasteiger partial charge on any atom is -0.338 e. The Morgan fingerprint density at radius 2 is 2.18 bits per heavy atom. The molecule has 0 spiro atoms. The lowest BCUT2D eigenvalue weighted by molar-refractivity contribution is -0.131. The summed E-state index contributed by atoms with van der Waals surface area (Å²) in [7, 11) is 0. The number of fused-ring (bicyclic) bond motifs is 1. The van der Waals surface area contributed by atoms with E-state index in [0.717, 1.165) is 17.0 Å². The molecule has 3 rings (SSSR count). The molecule has 1 amide bonds. The fraction of sp³-hybridized carbons (Fsp3) is 0.353. The van der Waals surface area contributed by atoms with E-state index in [2.05, 4.69) is 9.97 Å². The predicted octanol–water partition coefficient (Wildman–Crippen LogP) is 2.89. The molecule has 0 saturated carbocycles. The number of hydrogen-bond donors (Lipinski definition) is 0. The minimum atomic E-state index is -0.295. The lowest BCUT2D eigenvalue weighted by Crippen LogP contribution is -2.36. The van der Waals surface area contributed by atoms with E-state index in [4.69, 9.17) is 0 Å². The summed E-state index contributed by atoms with van der Waals surface area (Å²) in [6, 6.07) is 6.31. The van der Waals surface area contributed by atoms with Crippen LogP contribution in [0.4, 0.5) is 4.39 Å². The average Bonchev–Trinajstić information content (AvgIpc) is 2.53. The van der Waals surface area contributed by atoms with E-state index >= 15 is 0 Å². The SMILES string of the molecule is CCC(=O)N1CCc2nc(-c3cccc(F)c3)nc(C)c2C1. The van der Waals surface area contributed by atoms with Crippen molar-refractivity contribution in [2.24, 2.45) is 0 Å². The maximum Gasteiger partial charge on any atom is 0.222 e. The Hall–Kier alpha value is -2.30. The minimum absolute atomic E-state index is 0.152. The van der Waals surface area contributed by atoms with Crippen LogP contribution >= 0.6 is 0 Å². The third-order valence-corrected chi connectivity index (χ3v) is 4.01. The van der Waals surface area contributed by atoms with Crippen LogP contribution in [0.3, 0.4) is 0 Å². The molecule has 4 nitrogen and oxygen atoms in total. The number of nitrogens with zero attached hydrogens (tertiary/aromatic N) is 3. The van der Waals surface area contributed by atoms with Crippen molar-refractivity contribution in [1.82, 2.24) is 14.9 Å². The first-order chi connectivity index (χ1) is 10.6. The van der Waals surface area contributed by atoms with Crippen molar-refractivity contribution in [2.45, 2.75) is 33.2 Å². The van der Waals surface area contributed by atoms with Crippen LogP contribution in [0.2, 0.25) is 0 Å². The number of hydrogen-bond acceptors (Lipinski definition) is 3. The van der Waals surface area contributed by atoms with Crippen molar-refractivity contribution in [3.05, 3.63) is 47.0 Å². The smallest absolute Gasteiger partial charge is 0.222 e. The maximum absolute atomic E-state index is 13.4. The second kappa shape index (κ2) is 5.83. The van der Waals surface area contributed by atoms with Gasteiger partial charge in [-0.25, -0.2) is 14.4 Å². The molecule has 2 heterocycles. The molecule has 0 N–H and O–H groups in total. The molecule has 0 saturated heterocycles. The van der Waals surface area contributed by atoms with E-state index < -0.39 is 0 Å². The maximum atomic E-state index is 13.4. The van der Waals surface area contributed by atoms with Gasteiger partial charge in [0.05, 0.1) is 5.69 Å². The summed E-state index contributed by atoms with van der Waals surface area (Å²) in [5.41, 5.74) is 3.52. The molecule has 0 unspecified atom stereocenters. The second-order valence-electron chi connectivity index (χ2n) is 5.49. The van der Waals surface area contributed by atoms with Gasteiger partial charge in [-0.15, -0.1) is 0 Å². The first kappa shape index (κ1) is 14.6. The average molecular weight is 299 g/mol. The summed E-state index contributed by atoms with van der Waals surface area (Å²) in [4.78, 5) is 22.8. The van der Waals surface area contributed by atoms with Crippen LogP contribution in [0, 0.1) is 12.7 Å². The number of aromatic nitrogens is 2. The Labute approximate surface area is 129 Å². The molecular formula is C17H18FN3O. The van der Waals surface area contributed by atoms with Gasteiger partial charge in [-0.05, 0) is 19.1 Å². The van der Waals surface area contributed by atoms with Gasteiger partial charge < -0.3 is 4.90 Å². The summed E-state index contributed by atoms with van der Waals surface area (Å²) in [6.45, 7) is 5.04. The molecule has 2 aromatic rings. The number of rotatable bonds is 2. The summed E-state index contributed by atoms with van der Waals surface area (Å²) in [5.74, 6) is 0.404. The van der Waals surface area contributed by atoms with Gasteiger partial charge in [0.1, 0.15) is 5.82 Å². The molecule has 0 atom stereocenters. The highest BCUT2D eigenvalue weighted by molar-refractivity contribution is 5.76. The van der Waals surface area contributed by atoms with Crippen LogP contribution in [0.5, 0.6) is 0 Å². The van der Waals surface area contributed by atoms with E-state index in [-0.39, 0.29) is 11.7 Å². The van der Waals surface area contributed by atoms with E-state index in [1.165, 1.54) is 12.1 Å². The molecule has 5 heteroatoms. The molecule has 114 valence electrons. The van der Waals surface area contributed by atoms with E-state index in [9.17, 15) is 9.18 Å². The second-order valence-corrected chi connectivity index (χ2v) is 5.49. The molecule has 22 heavy (non-hydrogen) atoms. The van der Waals surface area contributed by atoms with E-state index in [1.807, 2.05) is 18.7 Å². The number of aryl methyl sites for hydroxylation is 1. The fourth-order valence-corrected chi connectivity index (χ4v) is 2.77. The van der Waals surface area contributed by atoms with Crippen LogP contribution in [0.15, 0.2) is 24.3 Å². The lowest BCUT2D eigenvalue weighted by Gasteiger charge is -2.29. The zero-order valence-corrected chi connectivity index (χ0v) is 12.8. The van der Waals surface area contributed by atoms with Gasteiger partial charge in [0.15, 0.2) is 5.82 Å². The molecule has 1 aliphatic rings. The van der Waals surface area contributed by atoms with Gasteiger partial charge in [0.2, 0.25) is 5.91 Å². The number of amides is 1.